The zero-order chi connectivity index (χ0) is 33.3. The molecule has 3 unspecified atom stereocenters. The maximum Gasteiger partial charge on any atom is 0.0540 e. The number of anilines is 3. The summed E-state index contributed by atoms with van der Waals surface area (Å²) in [5, 5.41) is 2.64. The van der Waals surface area contributed by atoms with Crippen molar-refractivity contribution >= 4 is 27.8 Å². The van der Waals surface area contributed by atoms with Crippen LogP contribution in [0.4, 0.5) is 17.1 Å². The molecule has 4 aliphatic carbocycles. The molecule has 6 aromatic carbocycles. The number of hydrogen-bond donors (Lipinski definition) is 0. The van der Waals surface area contributed by atoms with Gasteiger partial charge >= 0.3 is 0 Å². The number of hydrogen-bond acceptors (Lipinski definition) is 1. The van der Waals surface area contributed by atoms with Crippen LogP contribution in [0.5, 0.6) is 0 Å². The molecule has 242 valence electrons. The molecule has 0 aromatic heterocycles. The molecule has 3 atom stereocenters. The zero-order valence-electron chi connectivity index (χ0n) is 29.5. The van der Waals surface area contributed by atoms with E-state index in [9.17, 15) is 0 Å². The Balaban J connectivity index is 1.23. The van der Waals surface area contributed by atoms with E-state index in [1.165, 1.54) is 92.5 Å². The van der Waals surface area contributed by atoms with Crippen LogP contribution in [-0.2, 0) is 16.2 Å². The van der Waals surface area contributed by atoms with Crippen molar-refractivity contribution in [1.82, 2.24) is 0 Å². The molecule has 2 fully saturated rings. The molecule has 2 saturated carbocycles. The first-order valence-electron chi connectivity index (χ1n) is 18.5. The molecule has 2 bridgehead atoms. The van der Waals surface area contributed by atoms with Gasteiger partial charge in [-0.05, 0) is 122 Å². The molecule has 0 radical (unpaired) electrons. The number of nitrogens with zero attached hydrogens (tertiary/aromatic N) is 1. The lowest BCUT2D eigenvalue weighted by atomic mass is 9.67. The molecule has 10 rings (SSSR count). The highest BCUT2D eigenvalue weighted by molar-refractivity contribution is 6.01. The summed E-state index contributed by atoms with van der Waals surface area (Å²) < 4.78 is 0. The predicted molar refractivity (Wildman–Crippen MR) is 207 cm³/mol. The van der Waals surface area contributed by atoms with Crippen molar-refractivity contribution in [3.8, 4) is 22.3 Å². The van der Waals surface area contributed by atoms with Gasteiger partial charge in [0.25, 0.3) is 0 Å². The molecule has 1 spiro atoms. The van der Waals surface area contributed by atoms with E-state index in [0.29, 0.717) is 0 Å². The first kappa shape index (κ1) is 29.3. The Labute approximate surface area is 291 Å². The van der Waals surface area contributed by atoms with Gasteiger partial charge in [0.15, 0.2) is 0 Å². The van der Waals surface area contributed by atoms with Crippen LogP contribution >= 0.6 is 0 Å². The lowest BCUT2D eigenvalue weighted by Gasteiger charge is -2.37. The fraction of sp³-hybridized carbons (Fsp3) is 0.292. The summed E-state index contributed by atoms with van der Waals surface area (Å²) in [6.45, 7) is 11.8. The number of fused-ring (bicyclic) bond motifs is 12. The van der Waals surface area contributed by atoms with Gasteiger partial charge < -0.3 is 4.90 Å². The van der Waals surface area contributed by atoms with Crippen LogP contribution in [0.15, 0.2) is 121 Å². The van der Waals surface area contributed by atoms with Gasteiger partial charge in [-0.1, -0.05) is 132 Å². The summed E-state index contributed by atoms with van der Waals surface area (Å²) in [6.07, 6.45) is 5.42. The Hall–Kier alpha value is -4.62. The van der Waals surface area contributed by atoms with Gasteiger partial charge in [-0.25, -0.2) is 0 Å². The smallest absolute Gasteiger partial charge is 0.0540 e. The fourth-order valence-electron chi connectivity index (χ4n) is 10.9. The molecule has 0 aliphatic heterocycles. The van der Waals surface area contributed by atoms with Gasteiger partial charge in [0.1, 0.15) is 0 Å². The minimum absolute atomic E-state index is 0.0415. The molecule has 0 saturated heterocycles. The molecule has 1 nitrogen and oxygen atoms in total. The summed E-state index contributed by atoms with van der Waals surface area (Å²) in [7, 11) is 0. The van der Waals surface area contributed by atoms with Crippen LogP contribution in [0.2, 0.25) is 0 Å². The molecule has 6 aromatic rings. The van der Waals surface area contributed by atoms with Crippen LogP contribution < -0.4 is 4.90 Å². The van der Waals surface area contributed by atoms with Crippen molar-refractivity contribution in [2.45, 2.75) is 76.5 Å². The predicted octanol–water partition coefficient (Wildman–Crippen LogP) is 13.0. The molecular formula is C48H45N. The second-order valence-electron chi connectivity index (χ2n) is 17.0. The van der Waals surface area contributed by atoms with E-state index in [0.717, 1.165) is 11.8 Å². The minimum Gasteiger partial charge on any atom is -0.310 e. The summed E-state index contributed by atoms with van der Waals surface area (Å²) >= 11 is 0. The fourth-order valence-corrected chi connectivity index (χ4v) is 10.9. The van der Waals surface area contributed by atoms with E-state index in [-0.39, 0.29) is 16.2 Å². The van der Waals surface area contributed by atoms with Crippen molar-refractivity contribution in [3.63, 3.8) is 0 Å². The Bertz CT molecular complexity index is 2330. The van der Waals surface area contributed by atoms with Gasteiger partial charge in [0.05, 0.1) is 5.69 Å². The van der Waals surface area contributed by atoms with Crippen molar-refractivity contribution in [1.29, 1.82) is 0 Å². The van der Waals surface area contributed by atoms with Crippen molar-refractivity contribution in [2.24, 2.45) is 11.8 Å². The molecule has 0 amide bonds. The largest absolute Gasteiger partial charge is 0.310 e. The lowest BCUT2D eigenvalue weighted by Crippen LogP contribution is -2.32. The van der Waals surface area contributed by atoms with E-state index < -0.39 is 0 Å². The van der Waals surface area contributed by atoms with Gasteiger partial charge in [0.2, 0.25) is 0 Å². The van der Waals surface area contributed by atoms with E-state index in [1.807, 2.05) is 0 Å². The zero-order valence-corrected chi connectivity index (χ0v) is 29.5. The van der Waals surface area contributed by atoms with Gasteiger partial charge in [-0.15, -0.1) is 0 Å². The summed E-state index contributed by atoms with van der Waals surface area (Å²) in [4.78, 5) is 2.58. The molecule has 0 N–H and O–H groups in total. The third kappa shape index (κ3) is 3.94. The van der Waals surface area contributed by atoms with Crippen molar-refractivity contribution in [2.75, 3.05) is 4.90 Å². The average Bonchev–Trinajstić information content (AvgIpc) is 3.85. The van der Waals surface area contributed by atoms with E-state index in [1.54, 1.807) is 11.1 Å². The summed E-state index contributed by atoms with van der Waals surface area (Å²) in [5.41, 5.74) is 16.8. The van der Waals surface area contributed by atoms with E-state index in [4.69, 9.17) is 0 Å². The second-order valence-corrected chi connectivity index (χ2v) is 17.0. The third-order valence-corrected chi connectivity index (χ3v) is 13.1. The average molecular weight is 636 g/mol. The Kier molecular flexibility index (Phi) is 5.97. The topological polar surface area (TPSA) is 3.24 Å². The first-order chi connectivity index (χ1) is 23.7. The Morgan fingerprint density at radius 3 is 1.88 bits per heavy atom. The summed E-state index contributed by atoms with van der Waals surface area (Å²) in [5.74, 6) is 1.58. The van der Waals surface area contributed by atoms with Gasteiger partial charge in [-0.3, -0.25) is 0 Å². The van der Waals surface area contributed by atoms with Gasteiger partial charge in [-0.2, -0.15) is 0 Å². The first-order valence-corrected chi connectivity index (χ1v) is 18.5. The van der Waals surface area contributed by atoms with Crippen LogP contribution in [0.1, 0.15) is 88.1 Å². The lowest BCUT2D eigenvalue weighted by molar-refractivity contribution is 0.327. The standard InChI is InChI=1S/C48H45N/c1-46(2,3)40-18-10-15-39-36(40)14-11-19-45(39)49(32-22-24-37-34-12-6-8-16-41(34)47(4,5)43(37)27-32)33-23-25-38-35-13-7-9-17-42(35)48(44(38)28-33)29-30-20-21-31(48)26-30/h6-19,22-25,27-28,30-31H,20-21,26,29H2,1-5H3. The molecule has 1 heteroatoms. The van der Waals surface area contributed by atoms with Crippen molar-refractivity contribution < 1.29 is 0 Å². The highest BCUT2D eigenvalue weighted by atomic mass is 15.1. The maximum atomic E-state index is 2.61. The van der Waals surface area contributed by atoms with Gasteiger partial charge in [0, 0.05) is 27.6 Å². The number of rotatable bonds is 3. The molecule has 0 heterocycles. The van der Waals surface area contributed by atoms with Crippen molar-refractivity contribution in [3.05, 3.63) is 149 Å². The highest BCUT2D eigenvalue weighted by Crippen LogP contribution is 2.66. The van der Waals surface area contributed by atoms with Crippen LogP contribution in [0.3, 0.4) is 0 Å². The molecule has 4 aliphatic rings. The number of benzene rings is 6. The van der Waals surface area contributed by atoms with E-state index >= 15 is 0 Å². The SMILES string of the molecule is CC(C)(C)c1cccc2c(N(c3ccc4c(c3)C(C)(C)c3ccccc3-4)c3ccc4c(c3)C3(CC5CCC3C5)c3ccccc3-4)cccc12. The third-order valence-electron chi connectivity index (χ3n) is 13.1. The van der Waals surface area contributed by atoms with E-state index in [2.05, 4.69) is 161 Å². The maximum absolute atomic E-state index is 2.61. The van der Waals surface area contributed by atoms with Crippen LogP contribution in [0.25, 0.3) is 33.0 Å². The van der Waals surface area contributed by atoms with Crippen LogP contribution in [-0.4, -0.2) is 0 Å². The minimum atomic E-state index is -0.0709. The molecular weight excluding hydrogens is 591 g/mol. The van der Waals surface area contributed by atoms with Crippen LogP contribution in [0, 0.1) is 11.8 Å². The normalized spacial score (nSPS) is 22.3. The Morgan fingerprint density at radius 2 is 1.18 bits per heavy atom. The second kappa shape index (κ2) is 9.97. The monoisotopic (exact) mass is 635 g/mol. The Morgan fingerprint density at radius 1 is 0.571 bits per heavy atom. The molecule has 49 heavy (non-hydrogen) atoms. The quantitative estimate of drug-likeness (QED) is 0.187. The highest BCUT2D eigenvalue weighted by Gasteiger charge is 2.56. The summed E-state index contributed by atoms with van der Waals surface area (Å²) in [6, 6.07) is 46.9.